The molecule has 0 amide bonds. The van der Waals surface area contributed by atoms with E-state index in [-0.39, 0.29) is 6.42 Å². The van der Waals surface area contributed by atoms with Gasteiger partial charge in [-0.2, -0.15) is 5.10 Å². The van der Waals surface area contributed by atoms with Gasteiger partial charge in [0.05, 0.1) is 11.9 Å². The number of aromatic amines is 1. The zero-order valence-electron chi connectivity index (χ0n) is 8.24. The first-order chi connectivity index (χ1) is 7.20. The van der Waals surface area contributed by atoms with E-state index < -0.39 is 5.97 Å². The number of hydrogen-bond donors (Lipinski definition) is 3. The molecule has 0 radical (unpaired) electrons. The summed E-state index contributed by atoms with van der Waals surface area (Å²) in [6, 6.07) is 5.47. The molecular weight excluding hydrogens is 194 g/mol. The number of fused-ring (bicyclic) bond motifs is 1. The van der Waals surface area contributed by atoms with Crippen LogP contribution >= 0.6 is 0 Å². The van der Waals surface area contributed by atoms with Gasteiger partial charge in [-0.15, -0.1) is 0 Å². The van der Waals surface area contributed by atoms with E-state index in [9.17, 15) is 4.79 Å². The van der Waals surface area contributed by atoms with Crippen molar-refractivity contribution in [3.8, 4) is 0 Å². The number of benzene rings is 1. The standard InChI is InChI=1S/C10H11N3O2/c1-11-10-7-3-2-6(5-9(14)15)4-8(7)12-13-10/h2-4H,5H2,1H3,(H,14,15)(H2,11,12,13). The summed E-state index contributed by atoms with van der Waals surface area (Å²) >= 11 is 0. The van der Waals surface area contributed by atoms with E-state index in [0.717, 1.165) is 22.3 Å². The molecule has 5 nitrogen and oxygen atoms in total. The van der Waals surface area contributed by atoms with Gasteiger partial charge in [-0.1, -0.05) is 6.07 Å². The lowest BCUT2D eigenvalue weighted by molar-refractivity contribution is -0.136. The molecule has 0 bridgehead atoms. The Labute approximate surface area is 86.1 Å². The van der Waals surface area contributed by atoms with Gasteiger partial charge in [-0.3, -0.25) is 9.89 Å². The van der Waals surface area contributed by atoms with Crippen LogP contribution in [0.4, 0.5) is 5.82 Å². The van der Waals surface area contributed by atoms with Crippen LogP contribution in [0.3, 0.4) is 0 Å². The zero-order chi connectivity index (χ0) is 10.8. The maximum absolute atomic E-state index is 10.5. The molecule has 2 rings (SSSR count). The predicted octanol–water partition coefficient (Wildman–Crippen LogP) is 1.23. The second kappa shape index (κ2) is 3.61. The normalized spacial score (nSPS) is 10.5. The molecule has 0 saturated carbocycles. The molecule has 15 heavy (non-hydrogen) atoms. The second-order valence-corrected chi connectivity index (χ2v) is 3.27. The number of H-pyrrole nitrogens is 1. The molecule has 0 aliphatic rings. The van der Waals surface area contributed by atoms with Gasteiger partial charge < -0.3 is 10.4 Å². The van der Waals surface area contributed by atoms with Crippen molar-refractivity contribution < 1.29 is 9.90 Å². The first-order valence-corrected chi connectivity index (χ1v) is 4.57. The highest BCUT2D eigenvalue weighted by Crippen LogP contribution is 2.21. The largest absolute Gasteiger partial charge is 0.481 e. The average Bonchev–Trinajstić information content (AvgIpc) is 2.58. The molecule has 0 saturated heterocycles. The molecule has 0 aliphatic carbocycles. The molecule has 0 unspecified atom stereocenters. The van der Waals surface area contributed by atoms with Crippen molar-refractivity contribution in [2.45, 2.75) is 6.42 Å². The summed E-state index contributed by atoms with van der Waals surface area (Å²) in [5.41, 5.74) is 1.61. The average molecular weight is 205 g/mol. The molecule has 1 aromatic heterocycles. The monoisotopic (exact) mass is 205 g/mol. The molecule has 3 N–H and O–H groups in total. The molecule has 0 aliphatic heterocycles. The van der Waals surface area contributed by atoms with Crippen LogP contribution in [0.1, 0.15) is 5.56 Å². The minimum Gasteiger partial charge on any atom is -0.481 e. The summed E-state index contributed by atoms with van der Waals surface area (Å²) in [4.78, 5) is 10.5. The third kappa shape index (κ3) is 1.76. The molecule has 1 heterocycles. The quantitative estimate of drug-likeness (QED) is 0.704. The van der Waals surface area contributed by atoms with Gasteiger partial charge in [0.1, 0.15) is 0 Å². The Morgan fingerprint density at radius 1 is 1.60 bits per heavy atom. The number of aliphatic carboxylic acids is 1. The third-order valence-electron chi connectivity index (χ3n) is 2.22. The van der Waals surface area contributed by atoms with Gasteiger partial charge in [-0.25, -0.2) is 0 Å². The second-order valence-electron chi connectivity index (χ2n) is 3.27. The first kappa shape index (κ1) is 9.51. The fourth-order valence-corrected chi connectivity index (χ4v) is 1.54. The van der Waals surface area contributed by atoms with Gasteiger partial charge in [0.25, 0.3) is 0 Å². The first-order valence-electron chi connectivity index (χ1n) is 4.57. The van der Waals surface area contributed by atoms with E-state index in [1.165, 1.54) is 0 Å². The molecule has 5 heteroatoms. The Hall–Kier alpha value is -2.04. The van der Waals surface area contributed by atoms with E-state index in [4.69, 9.17) is 5.11 Å². The minimum atomic E-state index is -0.831. The summed E-state index contributed by atoms with van der Waals surface area (Å²) in [6.45, 7) is 0. The van der Waals surface area contributed by atoms with Crippen molar-refractivity contribution in [1.82, 2.24) is 10.2 Å². The Morgan fingerprint density at radius 2 is 2.40 bits per heavy atom. The van der Waals surface area contributed by atoms with Crippen molar-refractivity contribution in [2.24, 2.45) is 0 Å². The fourth-order valence-electron chi connectivity index (χ4n) is 1.54. The van der Waals surface area contributed by atoms with Crippen molar-refractivity contribution in [2.75, 3.05) is 12.4 Å². The van der Waals surface area contributed by atoms with Crippen LogP contribution in [0.25, 0.3) is 10.9 Å². The van der Waals surface area contributed by atoms with Crippen LogP contribution < -0.4 is 5.32 Å². The Kier molecular flexibility index (Phi) is 2.29. The summed E-state index contributed by atoms with van der Waals surface area (Å²) in [7, 11) is 1.79. The summed E-state index contributed by atoms with van der Waals surface area (Å²) in [5.74, 6) is -0.0606. The van der Waals surface area contributed by atoms with Crippen LogP contribution in [0.5, 0.6) is 0 Å². The molecule has 1 aromatic carbocycles. The lowest BCUT2D eigenvalue weighted by Crippen LogP contribution is -1.99. The van der Waals surface area contributed by atoms with Gasteiger partial charge in [0, 0.05) is 12.4 Å². The highest BCUT2D eigenvalue weighted by Gasteiger charge is 2.06. The highest BCUT2D eigenvalue weighted by atomic mass is 16.4. The van der Waals surface area contributed by atoms with Gasteiger partial charge in [0.15, 0.2) is 5.82 Å². The van der Waals surface area contributed by atoms with E-state index in [1.54, 1.807) is 19.2 Å². The van der Waals surface area contributed by atoms with Gasteiger partial charge in [-0.05, 0) is 17.7 Å². The van der Waals surface area contributed by atoms with E-state index in [1.807, 2.05) is 6.07 Å². The highest BCUT2D eigenvalue weighted by molar-refractivity contribution is 5.90. The number of aromatic nitrogens is 2. The number of anilines is 1. The van der Waals surface area contributed by atoms with Crippen molar-refractivity contribution in [3.05, 3.63) is 23.8 Å². The lowest BCUT2D eigenvalue weighted by atomic mass is 10.1. The molecule has 78 valence electrons. The van der Waals surface area contributed by atoms with Crippen LogP contribution in [0.15, 0.2) is 18.2 Å². The van der Waals surface area contributed by atoms with Gasteiger partial charge in [0.2, 0.25) is 0 Å². The summed E-state index contributed by atoms with van der Waals surface area (Å²) in [5, 5.41) is 19.5. The molecular formula is C10H11N3O2. The minimum absolute atomic E-state index is 0.0316. The Balaban J connectivity index is 2.44. The number of hydrogen-bond acceptors (Lipinski definition) is 3. The van der Waals surface area contributed by atoms with Crippen molar-refractivity contribution >= 4 is 22.7 Å². The van der Waals surface area contributed by atoms with E-state index in [0.29, 0.717) is 0 Å². The number of carboxylic acid groups (broad SMARTS) is 1. The van der Waals surface area contributed by atoms with Crippen LogP contribution in [-0.4, -0.2) is 28.3 Å². The van der Waals surface area contributed by atoms with Gasteiger partial charge >= 0.3 is 5.97 Å². The number of nitrogens with one attached hydrogen (secondary N) is 2. The van der Waals surface area contributed by atoms with Crippen molar-refractivity contribution in [3.63, 3.8) is 0 Å². The smallest absolute Gasteiger partial charge is 0.307 e. The van der Waals surface area contributed by atoms with Crippen LogP contribution in [0.2, 0.25) is 0 Å². The number of carboxylic acids is 1. The number of rotatable bonds is 3. The van der Waals surface area contributed by atoms with Crippen LogP contribution in [-0.2, 0) is 11.2 Å². The van der Waals surface area contributed by atoms with E-state index >= 15 is 0 Å². The van der Waals surface area contributed by atoms with Crippen LogP contribution in [0, 0.1) is 0 Å². The lowest BCUT2D eigenvalue weighted by Gasteiger charge is -1.97. The molecule has 0 fully saturated rings. The molecule has 0 atom stereocenters. The summed E-state index contributed by atoms with van der Waals surface area (Å²) in [6.07, 6.45) is 0.0316. The summed E-state index contributed by atoms with van der Waals surface area (Å²) < 4.78 is 0. The predicted molar refractivity (Wildman–Crippen MR) is 57.0 cm³/mol. The van der Waals surface area contributed by atoms with Crippen molar-refractivity contribution in [1.29, 1.82) is 0 Å². The van der Waals surface area contributed by atoms with E-state index in [2.05, 4.69) is 15.5 Å². The fraction of sp³-hybridized carbons (Fsp3) is 0.200. The zero-order valence-corrected chi connectivity index (χ0v) is 8.24. The SMILES string of the molecule is CNc1n[nH]c2cc(CC(=O)O)ccc12. The topological polar surface area (TPSA) is 78.0 Å². The number of carbonyl (C=O) groups is 1. The maximum atomic E-state index is 10.5. The molecule has 0 spiro atoms. The molecule has 2 aromatic rings. The Morgan fingerprint density at radius 3 is 3.07 bits per heavy atom. The maximum Gasteiger partial charge on any atom is 0.307 e. The Bertz CT molecular complexity index is 504. The third-order valence-corrected chi connectivity index (χ3v) is 2.22. The number of nitrogens with zero attached hydrogens (tertiary/aromatic N) is 1.